The number of benzene rings is 1. The Morgan fingerprint density at radius 1 is 1.36 bits per heavy atom. The smallest absolute Gasteiger partial charge is 0.235 e. The van der Waals surface area contributed by atoms with E-state index in [1.165, 1.54) is 11.4 Å². The number of anilines is 2. The first-order chi connectivity index (χ1) is 10.2. The summed E-state index contributed by atoms with van der Waals surface area (Å²) in [5.74, 6) is 0.0165. The maximum Gasteiger partial charge on any atom is 0.235 e. The fourth-order valence-corrected chi connectivity index (χ4v) is 4.87. The molecule has 2 rings (SSSR count). The van der Waals surface area contributed by atoms with E-state index < -0.39 is 20.0 Å². The van der Waals surface area contributed by atoms with Crippen molar-refractivity contribution in [2.75, 3.05) is 40.8 Å². The van der Waals surface area contributed by atoms with Gasteiger partial charge in [0.1, 0.15) is 0 Å². The van der Waals surface area contributed by atoms with Gasteiger partial charge in [0.15, 0.2) is 0 Å². The highest BCUT2D eigenvalue weighted by molar-refractivity contribution is 7.93. The lowest BCUT2D eigenvalue weighted by molar-refractivity contribution is 0.217. The highest BCUT2D eigenvalue weighted by atomic mass is 32.2. The molecule has 0 atom stereocenters. The number of ether oxygens (including phenoxy) is 1. The van der Waals surface area contributed by atoms with Gasteiger partial charge in [-0.15, -0.1) is 0 Å². The van der Waals surface area contributed by atoms with Gasteiger partial charge in [0, 0.05) is 13.7 Å². The fourth-order valence-electron chi connectivity index (χ4n) is 2.26. The highest BCUT2D eigenvalue weighted by Gasteiger charge is 2.28. The summed E-state index contributed by atoms with van der Waals surface area (Å²) in [6.07, 6.45) is 0.604. The van der Waals surface area contributed by atoms with Crippen molar-refractivity contribution >= 4 is 31.4 Å². The van der Waals surface area contributed by atoms with Gasteiger partial charge in [0.2, 0.25) is 20.0 Å². The first-order valence-corrected chi connectivity index (χ1v) is 10.1. The molecule has 1 aromatic rings. The van der Waals surface area contributed by atoms with Crippen LogP contribution in [0, 0.1) is 6.92 Å². The van der Waals surface area contributed by atoms with Crippen LogP contribution in [0.2, 0.25) is 0 Å². The molecular weight excluding hydrogens is 328 g/mol. The van der Waals surface area contributed by atoms with Crippen molar-refractivity contribution in [2.24, 2.45) is 0 Å². The maximum absolute atomic E-state index is 11.9. The molecule has 0 spiro atoms. The predicted octanol–water partition coefficient (Wildman–Crippen LogP) is 0.923. The van der Waals surface area contributed by atoms with Gasteiger partial charge in [-0.3, -0.25) is 9.03 Å². The molecule has 1 aliphatic rings. The molecule has 22 heavy (non-hydrogen) atoms. The van der Waals surface area contributed by atoms with Crippen molar-refractivity contribution in [3.63, 3.8) is 0 Å². The van der Waals surface area contributed by atoms with E-state index in [9.17, 15) is 16.8 Å². The standard InChI is InChI=1S/C13H20N2O5S2/c1-11-10-12(15-6-3-8-22(15,18)19)4-5-13(11)14-21(16,17)9-7-20-2/h4-5,10,14H,3,6-9H2,1-2H3. The van der Waals surface area contributed by atoms with Gasteiger partial charge in [0.05, 0.1) is 29.5 Å². The molecule has 0 aliphatic carbocycles. The van der Waals surface area contributed by atoms with Gasteiger partial charge in [-0.2, -0.15) is 0 Å². The van der Waals surface area contributed by atoms with Gasteiger partial charge in [-0.05, 0) is 37.1 Å². The molecule has 0 aromatic heterocycles. The van der Waals surface area contributed by atoms with Gasteiger partial charge in [-0.1, -0.05) is 0 Å². The van der Waals surface area contributed by atoms with Crippen molar-refractivity contribution in [3.05, 3.63) is 23.8 Å². The average Bonchev–Trinajstić information content (AvgIpc) is 2.78. The van der Waals surface area contributed by atoms with Crippen molar-refractivity contribution in [1.29, 1.82) is 0 Å². The molecule has 9 heteroatoms. The third-order valence-electron chi connectivity index (χ3n) is 3.42. The summed E-state index contributed by atoms with van der Waals surface area (Å²) < 4.78 is 56.1. The Morgan fingerprint density at radius 2 is 2.09 bits per heavy atom. The Morgan fingerprint density at radius 3 is 2.64 bits per heavy atom. The van der Waals surface area contributed by atoms with Gasteiger partial charge >= 0.3 is 0 Å². The Kier molecular flexibility index (Phi) is 4.98. The van der Waals surface area contributed by atoms with Crippen molar-refractivity contribution < 1.29 is 21.6 Å². The van der Waals surface area contributed by atoms with Crippen molar-refractivity contribution in [2.45, 2.75) is 13.3 Å². The van der Waals surface area contributed by atoms with Crippen LogP contribution in [0.1, 0.15) is 12.0 Å². The van der Waals surface area contributed by atoms with Crippen LogP contribution in [-0.2, 0) is 24.8 Å². The third kappa shape index (κ3) is 3.90. The van der Waals surface area contributed by atoms with Gasteiger partial charge in [0.25, 0.3) is 0 Å². The van der Waals surface area contributed by atoms with E-state index in [1.54, 1.807) is 25.1 Å². The molecule has 0 unspecified atom stereocenters. The molecule has 1 aliphatic heterocycles. The fraction of sp³-hybridized carbons (Fsp3) is 0.538. The highest BCUT2D eigenvalue weighted by Crippen LogP contribution is 2.28. The van der Waals surface area contributed by atoms with E-state index in [0.717, 1.165) is 0 Å². The number of hydrogen-bond donors (Lipinski definition) is 1. The first-order valence-electron chi connectivity index (χ1n) is 6.86. The van der Waals surface area contributed by atoms with E-state index in [2.05, 4.69) is 4.72 Å². The first kappa shape index (κ1) is 17.0. The van der Waals surface area contributed by atoms with E-state index in [4.69, 9.17) is 4.74 Å². The molecule has 1 saturated heterocycles. The molecular formula is C13H20N2O5S2. The minimum Gasteiger partial charge on any atom is -0.384 e. The lowest BCUT2D eigenvalue weighted by Crippen LogP contribution is -2.25. The minimum atomic E-state index is -3.48. The number of nitrogens with zero attached hydrogens (tertiary/aromatic N) is 1. The molecule has 1 heterocycles. The quantitative estimate of drug-likeness (QED) is 0.825. The lowest BCUT2D eigenvalue weighted by Gasteiger charge is -2.19. The molecule has 124 valence electrons. The second-order valence-electron chi connectivity index (χ2n) is 5.15. The SMILES string of the molecule is COCCS(=O)(=O)Nc1ccc(N2CCCS2(=O)=O)cc1C. The molecule has 0 amide bonds. The maximum atomic E-state index is 11.9. The number of nitrogens with one attached hydrogen (secondary N) is 1. The van der Waals surface area contributed by atoms with Crippen LogP contribution in [0.4, 0.5) is 11.4 Å². The largest absolute Gasteiger partial charge is 0.384 e. The molecule has 1 N–H and O–H groups in total. The topological polar surface area (TPSA) is 92.8 Å². The Bertz CT molecular complexity index is 744. The van der Waals surface area contributed by atoms with E-state index in [0.29, 0.717) is 29.9 Å². The number of aryl methyl sites for hydroxylation is 1. The minimum absolute atomic E-state index is 0.110. The molecule has 1 fully saturated rings. The van der Waals surface area contributed by atoms with Crippen LogP contribution in [0.3, 0.4) is 0 Å². The number of methoxy groups -OCH3 is 1. The summed E-state index contributed by atoms with van der Waals surface area (Å²) in [7, 11) is -5.28. The van der Waals surface area contributed by atoms with E-state index in [-0.39, 0.29) is 18.1 Å². The van der Waals surface area contributed by atoms with Crippen molar-refractivity contribution in [1.82, 2.24) is 0 Å². The second-order valence-corrected chi connectivity index (χ2v) is 9.01. The summed E-state index contributed by atoms with van der Waals surface area (Å²) in [6.45, 7) is 2.31. The van der Waals surface area contributed by atoms with E-state index in [1.807, 2.05) is 0 Å². The average molecular weight is 348 g/mol. The zero-order chi connectivity index (χ0) is 16.4. The lowest BCUT2D eigenvalue weighted by atomic mass is 10.2. The molecule has 0 saturated carbocycles. The Balaban J connectivity index is 2.20. The summed E-state index contributed by atoms with van der Waals surface area (Å²) in [4.78, 5) is 0. The molecule has 0 bridgehead atoms. The second kappa shape index (κ2) is 6.43. The zero-order valence-electron chi connectivity index (χ0n) is 12.6. The third-order valence-corrected chi connectivity index (χ3v) is 6.52. The molecule has 0 radical (unpaired) electrons. The molecule has 1 aromatic carbocycles. The van der Waals surface area contributed by atoms with Crippen LogP contribution < -0.4 is 9.03 Å². The Labute approximate surface area is 131 Å². The summed E-state index contributed by atoms with van der Waals surface area (Å²) in [5.41, 5.74) is 1.67. The number of sulfonamides is 2. The van der Waals surface area contributed by atoms with Gasteiger partial charge in [-0.25, -0.2) is 16.8 Å². The van der Waals surface area contributed by atoms with Crippen LogP contribution in [0.25, 0.3) is 0 Å². The normalized spacial score (nSPS) is 17.6. The summed E-state index contributed by atoms with van der Waals surface area (Å²) in [6, 6.07) is 4.88. The van der Waals surface area contributed by atoms with Crippen LogP contribution in [0.15, 0.2) is 18.2 Å². The van der Waals surface area contributed by atoms with E-state index >= 15 is 0 Å². The summed E-state index contributed by atoms with van der Waals surface area (Å²) >= 11 is 0. The Hall–Kier alpha value is -1.32. The zero-order valence-corrected chi connectivity index (χ0v) is 14.2. The number of hydrogen-bond acceptors (Lipinski definition) is 5. The summed E-state index contributed by atoms with van der Waals surface area (Å²) in [5, 5.41) is 0. The van der Waals surface area contributed by atoms with Crippen LogP contribution >= 0.6 is 0 Å². The van der Waals surface area contributed by atoms with Gasteiger partial charge < -0.3 is 4.74 Å². The van der Waals surface area contributed by atoms with Crippen LogP contribution in [-0.4, -0.2) is 48.6 Å². The molecule has 7 nitrogen and oxygen atoms in total. The number of rotatable bonds is 6. The van der Waals surface area contributed by atoms with Crippen molar-refractivity contribution in [3.8, 4) is 0 Å². The predicted molar refractivity (Wildman–Crippen MR) is 86.2 cm³/mol. The van der Waals surface area contributed by atoms with Crippen LogP contribution in [0.5, 0.6) is 0 Å². The monoisotopic (exact) mass is 348 g/mol.